The number of ether oxygens (including phenoxy) is 1. The van der Waals surface area contributed by atoms with Crippen molar-refractivity contribution < 1.29 is 9.26 Å². The molecule has 0 radical (unpaired) electrons. The van der Waals surface area contributed by atoms with Crippen molar-refractivity contribution in [1.82, 2.24) is 10.1 Å². The maximum atomic E-state index is 6.46. The molecule has 0 unspecified atom stereocenters. The maximum absolute atomic E-state index is 6.46. The monoisotopic (exact) mass is 313 g/mol. The van der Waals surface area contributed by atoms with E-state index in [0.29, 0.717) is 11.7 Å². The highest BCUT2D eigenvalue weighted by molar-refractivity contribution is 5.45. The van der Waals surface area contributed by atoms with Gasteiger partial charge in [0.05, 0.1) is 18.1 Å². The van der Waals surface area contributed by atoms with Crippen molar-refractivity contribution in [2.75, 3.05) is 7.11 Å². The van der Waals surface area contributed by atoms with Gasteiger partial charge in [-0.3, -0.25) is 0 Å². The predicted octanol–water partition coefficient (Wildman–Crippen LogP) is 3.19. The van der Waals surface area contributed by atoms with Crippen LogP contribution in [-0.4, -0.2) is 17.3 Å². The second-order valence-corrected chi connectivity index (χ2v) is 7.05. The van der Waals surface area contributed by atoms with Gasteiger partial charge in [0, 0.05) is 0 Å². The quantitative estimate of drug-likeness (QED) is 0.938. The minimum absolute atomic E-state index is 0.152. The van der Waals surface area contributed by atoms with Gasteiger partial charge in [0.2, 0.25) is 5.89 Å². The van der Waals surface area contributed by atoms with Crippen molar-refractivity contribution >= 4 is 0 Å². The van der Waals surface area contributed by atoms with E-state index in [1.165, 1.54) is 5.56 Å². The molecule has 0 amide bonds. The SMILES string of the molecule is COc1cc(C2(c3nc(C4(N)CCCC4)no3)CC2)ccc1C. The van der Waals surface area contributed by atoms with Gasteiger partial charge < -0.3 is 15.0 Å². The second-order valence-electron chi connectivity index (χ2n) is 7.05. The molecular weight excluding hydrogens is 290 g/mol. The Balaban J connectivity index is 1.69. The molecule has 2 aliphatic rings. The molecule has 23 heavy (non-hydrogen) atoms. The molecule has 1 aromatic carbocycles. The summed E-state index contributed by atoms with van der Waals surface area (Å²) in [6.07, 6.45) is 6.22. The van der Waals surface area contributed by atoms with Crippen LogP contribution in [0.3, 0.4) is 0 Å². The van der Waals surface area contributed by atoms with Crippen molar-refractivity contribution in [3.8, 4) is 5.75 Å². The molecular formula is C18H23N3O2. The van der Waals surface area contributed by atoms with Crippen molar-refractivity contribution in [2.45, 2.75) is 56.4 Å². The molecule has 0 bridgehead atoms. The van der Waals surface area contributed by atoms with Crippen LogP contribution in [0.4, 0.5) is 0 Å². The third-order valence-electron chi connectivity index (χ3n) is 5.49. The van der Waals surface area contributed by atoms with E-state index in [9.17, 15) is 0 Å². The summed E-state index contributed by atoms with van der Waals surface area (Å²) in [5.74, 6) is 2.28. The molecule has 5 nitrogen and oxygen atoms in total. The second kappa shape index (κ2) is 5.06. The van der Waals surface area contributed by atoms with Gasteiger partial charge in [-0.15, -0.1) is 0 Å². The first-order chi connectivity index (χ1) is 11.1. The number of aromatic nitrogens is 2. The Labute approximate surface area is 136 Å². The largest absolute Gasteiger partial charge is 0.496 e. The molecule has 1 heterocycles. The van der Waals surface area contributed by atoms with Crippen molar-refractivity contribution in [1.29, 1.82) is 0 Å². The number of rotatable bonds is 4. The van der Waals surface area contributed by atoms with Gasteiger partial charge in [0.15, 0.2) is 5.82 Å². The number of aryl methyl sites for hydroxylation is 1. The van der Waals surface area contributed by atoms with Crippen LogP contribution in [0.1, 0.15) is 61.4 Å². The number of nitrogens with zero attached hydrogens (tertiary/aromatic N) is 2. The third kappa shape index (κ3) is 2.26. The third-order valence-corrected chi connectivity index (χ3v) is 5.49. The van der Waals surface area contributed by atoms with E-state index in [4.69, 9.17) is 20.0 Å². The van der Waals surface area contributed by atoms with Crippen LogP contribution in [0, 0.1) is 6.92 Å². The number of nitrogens with two attached hydrogens (primary N) is 1. The van der Waals surface area contributed by atoms with Crippen LogP contribution in [0.25, 0.3) is 0 Å². The van der Waals surface area contributed by atoms with E-state index >= 15 is 0 Å². The molecule has 122 valence electrons. The molecule has 2 fully saturated rings. The van der Waals surface area contributed by atoms with Gasteiger partial charge in [0.1, 0.15) is 5.75 Å². The summed E-state index contributed by atoms with van der Waals surface area (Å²) >= 11 is 0. The summed E-state index contributed by atoms with van der Waals surface area (Å²) < 4.78 is 11.1. The lowest BCUT2D eigenvalue weighted by Gasteiger charge is -2.18. The number of hydrogen-bond acceptors (Lipinski definition) is 5. The standard InChI is InChI=1S/C18H23N3O2/c1-12-5-6-13(11-14(12)22-2)17(9-10-17)16-20-15(21-23-16)18(19)7-3-4-8-18/h5-6,11H,3-4,7-10,19H2,1-2H3. The zero-order valence-corrected chi connectivity index (χ0v) is 13.8. The fourth-order valence-electron chi connectivity index (χ4n) is 3.72. The molecule has 2 aliphatic carbocycles. The van der Waals surface area contributed by atoms with Crippen LogP contribution in [0.15, 0.2) is 22.7 Å². The maximum Gasteiger partial charge on any atom is 0.237 e. The van der Waals surface area contributed by atoms with Crippen LogP contribution < -0.4 is 10.5 Å². The van der Waals surface area contributed by atoms with Gasteiger partial charge in [-0.1, -0.05) is 30.1 Å². The topological polar surface area (TPSA) is 74.2 Å². The fraction of sp³-hybridized carbons (Fsp3) is 0.556. The lowest BCUT2D eigenvalue weighted by molar-refractivity contribution is 0.337. The van der Waals surface area contributed by atoms with E-state index in [0.717, 1.165) is 49.8 Å². The molecule has 0 spiro atoms. The Morgan fingerprint density at radius 3 is 2.57 bits per heavy atom. The molecule has 1 aromatic heterocycles. The van der Waals surface area contributed by atoms with Crippen molar-refractivity contribution in [3.05, 3.63) is 41.0 Å². The minimum Gasteiger partial charge on any atom is -0.496 e. The first kappa shape index (κ1) is 14.7. The zero-order valence-electron chi connectivity index (χ0n) is 13.8. The molecule has 0 saturated heterocycles. The summed E-state index contributed by atoms with van der Waals surface area (Å²) in [4.78, 5) is 4.71. The van der Waals surface area contributed by atoms with E-state index < -0.39 is 5.54 Å². The molecule has 2 N–H and O–H groups in total. The Hall–Kier alpha value is -1.88. The van der Waals surface area contributed by atoms with Crippen molar-refractivity contribution in [3.63, 3.8) is 0 Å². The predicted molar refractivity (Wildman–Crippen MR) is 86.4 cm³/mol. The molecule has 4 rings (SSSR count). The zero-order chi connectivity index (χ0) is 16.1. The highest BCUT2D eigenvalue weighted by atomic mass is 16.5. The summed E-state index contributed by atoms with van der Waals surface area (Å²) in [6.45, 7) is 2.05. The Bertz CT molecular complexity index is 728. The average Bonchev–Trinajstić information content (AvgIpc) is 2.98. The first-order valence-electron chi connectivity index (χ1n) is 8.36. The van der Waals surface area contributed by atoms with Crippen LogP contribution >= 0.6 is 0 Å². The van der Waals surface area contributed by atoms with Gasteiger partial charge in [0.25, 0.3) is 0 Å². The van der Waals surface area contributed by atoms with Crippen LogP contribution in [0.5, 0.6) is 5.75 Å². The molecule has 0 aliphatic heterocycles. The van der Waals surface area contributed by atoms with Crippen molar-refractivity contribution in [2.24, 2.45) is 5.73 Å². The molecule has 2 saturated carbocycles. The fourth-order valence-corrected chi connectivity index (χ4v) is 3.72. The highest BCUT2D eigenvalue weighted by Crippen LogP contribution is 2.54. The van der Waals surface area contributed by atoms with E-state index in [2.05, 4.69) is 23.4 Å². The van der Waals surface area contributed by atoms with Crippen LogP contribution in [-0.2, 0) is 11.0 Å². The van der Waals surface area contributed by atoms with Gasteiger partial charge in [-0.2, -0.15) is 4.98 Å². The minimum atomic E-state index is -0.400. The number of benzene rings is 1. The highest BCUT2D eigenvalue weighted by Gasteiger charge is 2.52. The van der Waals surface area contributed by atoms with E-state index in [-0.39, 0.29) is 5.41 Å². The lowest BCUT2D eigenvalue weighted by Crippen LogP contribution is -2.34. The van der Waals surface area contributed by atoms with Gasteiger partial charge >= 0.3 is 0 Å². The van der Waals surface area contributed by atoms with Gasteiger partial charge in [-0.25, -0.2) is 0 Å². The van der Waals surface area contributed by atoms with E-state index in [1.54, 1.807) is 7.11 Å². The van der Waals surface area contributed by atoms with Crippen LogP contribution in [0.2, 0.25) is 0 Å². The average molecular weight is 313 g/mol. The summed E-state index contributed by atoms with van der Waals surface area (Å²) in [5, 5.41) is 4.22. The summed E-state index contributed by atoms with van der Waals surface area (Å²) in [5.41, 5.74) is 8.22. The van der Waals surface area contributed by atoms with E-state index in [1.807, 2.05) is 6.92 Å². The summed E-state index contributed by atoms with van der Waals surface area (Å²) in [7, 11) is 1.70. The smallest absolute Gasteiger partial charge is 0.237 e. The number of hydrogen-bond donors (Lipinski definition) is 1. The number of methoxy groups -OCH3 is 1. The Morgan fingerprint density at radius 1 is 1.17 bits per heavy atom. The first-order valence-corrected chi connectivity index (χ1v) is 8.36. The Morgan fingerprint density at radius 2 is 1.91 bits per heavy atom. The Kier molecular flexibility index (Phi) is 3.23. The normalized spacial score (nSPS) is 21.3. The molecule has 0 atom stereocenters. The molecule has 5 heteroatoms. The summed E-state index contributed by atoms with van der Waals surface area (Å²) in [6, 6.07) is 6.33. The lowest BCUT2D eigenvalue weighted by atomic mass is 9.94. The molecule has 2 aromatic rings. The van der Waals surface area contributed by atoms with Gasteiger partial charge in [-0.05, 0) is 49.8 Å².